The van der Waals surface area contributed by atoms with Gasteiger partial charge < -0.3 is 10.6 Å². The Hall–Kier alpha value is -3.25. The average Bonchev–Trinajstić information content (AvgIpc) is 3.19. The molecular formula is C21H17FN2O2S. The summed E-state index contributed by atoms with van der Waals surface area (Å²) in [7, 11) is 0. The number of anilines is 1. The van der Waals surface area contributed by atoms with Crippen molar-refractivity contribution < 1.29 is 14.0 Å². The van der Waals surface area contributed by atoms with Crippen molar-refractivity contribution in [1.29, 1.82) is 0 Å². The second kappa shape index (κ2) is 8.91. The van der Waals surface area contributed by atoms with Crippen LogP contribution in [0.4, 0.5) is 10.1 Å². The van der Waals surface area contributed by atoms with Crippen LogP contribution < -0.4 is 10.6 Å². The predicted molar refractivity (Wildman–Crippen MR) is 106 cm³/mol. The lowest BCUT2D eigenvalue weighted by Crippen LogP contribution is -2.20. The molecule has 0 aliphatic carbocycles. The third-order valence-electron chi connectivity index (χ3n) is 3.70. The minimum Gasteiger partial charge on any atom is -0.348 e. The molecule has 1 aromatic heterocycles. The van der Waals surface area contributed by atoms with Crippen molar-refractivity contribution in [3.8, 4) is 0 Å². The van der Waals surface area contributed by atoms with Crippen LogP contribution in [0.5, 0.6) is 0 Å². The van der Waals surface area contributed by atoms with Gasteiger partial charge in [-0.3, -0.25) is 9.59 Å². The monoisotopic (exact) mass is 380 g/mol. The molecule has 6 heteroatoms. The van der Waals surface area contributed by atoms with Gasteiger partial charge in [-0.2, -0.15) is 0 Å². The average molecular weight is 380 g/mol. The maximum absolute atomic E-state index is 12.9. The number of halogens is 1. The van der Waals surface area contributed by atoms with Crippen LogP contribution >= 0.6 is 11.3 Å². The largest absolute Gasteiger partial charge is 0.348 e. The Morgan fingerprint density at radius 1 is 1.04 bits per heavy atom. The van der Waals surface area contributed by atoms with E-state index in [-0.39, 0.29) is 11.8 Å². The quantitative estimate of drug-likeness (QED) is 0.620. The summed E-state index contributed by atoms with van der Waals surface area (Å²) in [6, 6.07) is 16.4. The predicted octanol–water partition coefficient (Wildman–Crippen LogP) is 4.47. The molecule has 0 bridgehead atoms. The minimum atomic E-state index is -0.391. The van der Waals surface area contributed by atoms with Gasteiger partial charge in [0.25, 0.3) is 5.91 Å². The summed E-state index contributed by atoms with van der Waals surface area (Å²) in [6.45, 7) is 0.341. The molecule has 2 amide bonds. The molecule has 0 saturated heterocycles. The molecule has 3 aromatic rings. The summed E-state index contributed by atoms with van der Waals surface area (Å²) in [4.78, 5) is 25.1. The number of nitrogens with one attached hydrogen (secondary N) is 2. The molecule has 0 saturated carbocycles. The molecule has 0 fully saturated rings. The molecule has 0 spiro atoms. The molecule has 0 unspecified atom stereocenters. The summed E-state index contributed by atoms with van der Waals surface area (Å²) in [5.41, 5.74) is 1.82. The standard InChI is InChI=1S/C21H17FN2O2S/c22-17-8-6-16(7-9-17)21(26)24-18-4-1-3-15(13-18)14-23-20(25)11-10-19-5-2-12-27-19/h1-13H,14H2,(H,23,25)(H,24,26). The molecular weight excluding hydrogens is 363 g/mol. The van der Waals surface area contributed by atoms with Crippen molar-refractivity contribution in [2.45, 2.75) is 6.54 Å². The maximum atomic E-state index is 12.9. The van der Waals surface area contributed by atoms with E-state index >= 15 is 0 Å². The van der Waals surface area contributed by atoms with Crippen LogP contribution in [0, 0.1) is 5.82 Å². The number of hydrogen-bond acceptors (Lipinski definition) is 3. The summed E-state index contributed by atoms with van der Waals surface area (Å²) >= 11 is 1.56. The summed E-state index contributed by atoms with van der Waals surface area (Å²) in [6.07, 6.45) is 3.26. The summed E-state index contributed by atoms with van der Waals surface area (Å²) in [5.74, 6) is -0.906. The number of amides is 2. The third-order valence-corrected chi connectivity index (χ3v) is 4.54. The zero-order chi connectivity index (χ0) is 19.1. The first-order valence-electron chi connectivity index (χ1n) is 8.25. The van der Waals surface area contributed by atoms with Crippen molar-refractivity contribution in [2.75, 3.05) is 5.32 Å². The van der Waals surface area contributed by atoms with Crippen LogP contribution in [-0.2, 0) is 11.3 Å². The fourth-order valence-corrected chi connectivity index (χ4v) is 2.97. The highest BCUT2D eigenvalue weighted by atomic mass is 32.1. The van der Waals surface area contributed by atoms with Gasteiger partial charge in [-0.1, -0.05) is 18.2 Å². The van der Waals surface area contributed by atoms with Crippen molar-refractivity contribution >= 4 is 34.9 Å². The van der Waals surface area contributed by atoms with Crippen LogP contribution in [0.1, 0.15) is 20.8 Å². The number of hydrogen-bond donors (Lipinski definition) is 2. The van der Waals surface area contributed by atoms with E-state index in [1.165, 1.54) is 30.3 Å². The number of thiophene rings is 1. The minimum absolute atomic E-state index is 0.191. The zero-order valence-electron chi connectivity index (χ0n) is 14.3. The van der Waals surface area contributed by atoms with Gasteiger partial charge in [0.2, 0.25) is 5.91 Å². The summed E-state index contributed by atoms with van der Waals surface area (Å²) in [5, 5.41) is 7.51. The van der Waals surface area contributed by atoms with Gasteiger partial charge in [0.1, 0.15) is 5.82 Å². The lowest BCUT2D eigenvalue weighted by molar-refractivity contribution is -0.116. The first-order chi connectivity index (χ1) is 13.1. The van der Waals surface area contributed by atoms with Crippen LogP contribution in [0.25, 0.3) is 6.08 Å². The van der Waals surface area contributed by atoms with Gasteiger partial charge in [-0.05, 0) is 59.5 Å². The lowest BCUT2D eigenvalue weighted by Gasteiger charge is -2.08. The second-order valence-corrected chi connectivity index (χ2v) is 6.71. The van der Waals surface area contributed by atoms with Crippen molar-refractivity contribution in [3.63, 3.8) is 0 Å². The van der Waals surface area contributed by atoms with E-state index < -0.39 is 5.82 Å². The zero-order valence-corrected chi connectivity index (χ0v) is 15.1. The van der Waals surface area contributed by atoms with E-state index in [4.69, 9.17) is 0 Å². The lowest BCUT2D eigenvalue weighted by atomic mass is 10.1. The van der Waals surface area contributed by atoms with Crippen LogP contribution in [0.3, 0.4) is 0 Å². The van der Waals surface area contributed by atoms with Crippen molar-refractivity contribution in [2.24, 2.45) is 0 Å². The molecule has 0 radical (unpaired) electrons. The first kappa shape index (κ1) is 18.5. The fraction of sp³-hybridized carbons (Fsp3) is 0.0476. The van der Waals surface area contributed by atoms with Gasteiger partial charge >= 0.3 is 0 Å². The van der Waals surface area contributed by atoms with Crippen LogP contribution in [-0.4, -0.2) is 11.8 Å². The molecule has 2 aromatic carbocycles. The third kappa shape index (κ3) is 5.62. The Labute approximate surface area is 160 Å². The highest BCUT2D eigenvalue weighted by Gasteiger charge is 2.07. The smallest absolute Gasteiger partial charge is 0.255 e. The Balaban J connectivity index is 1.56. The fourth-order valence-electron chi connectivity index (χ4n) is 2.36. The van der Waals surface area contributed by atoms with Crippen molar-refractivity contribution in [3.05, 3.63) is 93.9 Å². The van der Waals surface area contributed by atoms with E-state index in [1.54, 1.807) is 35.6 Å². The Kier molecular flexibility index (Phi) is 6.12. The normalized spacial score (nSPS) is 10.7. The highest BCUT2D eigenvalue weighted by Crippen LogP contribution is 2.13. The maximum Gasteiger partial charge on any atom is 0.255 e. The molecule has 2 N–H and O–H groups in total. The summed E-state index contributed by atoms with van der Waals surface area (Å²) < 4.78 is 12.9. The molecule has 1 heterocycles. The van der Waals surface area contributed by atoms with Gasteiger partial charge in [0, 0.05) is 28.7 Å². The Morgan fingerprint density at radius 2 is 1.85 bits per heavy atom. The molecule has 136 valence electrons. The van der Waals surface area contributed by atoms with Crippen molar-refractivity contribution in [1.82, 2.24) is 5.32 Å². The SMILES string of the molecule is O=C(C=Cc1cccs1)NCc1cccc(NC(=O)c2ccc(F)cc2)c1. The first-order valence-corrected chi connectivity index (χ1v) is 9.13. The number of carbonyl (C=O) groups is 2. The van der Waals surface area contributed by atoms with E-state index in [2.05, 4.69) is 10.6 Å². The number of rotatable bonds is 6. The highest BCUT2D eigenvalue weighted by molar-refractivity contribution is 7.10. The number of benzene rings is 2. The Bertz CT molecular complexity index is 951. The molecule has 0 aliphatic rings. The van der Waals surface area contributed by atoms with Gasteiger partial charge in [-0.25, -0.2) is 4.39 Å². The van der Waals surface area contributed by atoms with E-state index in [1.807, 2.05) is 23.6 Å². The van der Waals surface area contributed by atoms with E-state index in [0.29, 0.717) is 17.8 Å². The van der Waals surface area contributed by atoms with Crippen LogP contribution in [0.15, 0.2) is 72.1 Å². The van der Waals surface area contributed by atoms with Gasteiger partial charge in [0.15, 0.2) is 0 Å². The van der Waals surface area contributed by atoms with Gasteiger partial charge in [-0.15, -0.1) is 11.3 Å². The second-order valence-electron chi connectivity index (χ2n) is 5.73. The van der Waals surface area contributed by atoms with Gasteiger partial charge in [0.05, 0.1) is 0 Å². The molecule has 0 aliphatic heterocycles. The molecule has 27 heavy (non-hydrogen) atoms. The van der Waals surface area contributed by atoms with Crippen LogP contribution in [0.2, 0.25) is 0 Å². The number of carbonyl (C=O) groups excluding carboxylic acids is 2. The van der Waals surface area contributed by atoms with E-state index in [0.717, 1.165) is 10.4 Å². The molecule has 3 rings (SSSR count). The topological polar surface area (TPSA) is 58.2 Å². The molecule has 0 atom stereocenters. The molecule has 4 nitrogen and oxygen atoms in total. The van der Waals surface area contributed by atoms with E-state index in [9.17, 15) is 14.0 Å². The Morgan fingerprint density at radius 3 is 2.59 bits per heavy atom.